The number of aliphatic hydroxyl groups is 3. The van der Waals surface area contributed by atoms with E-state index in [1.165, 1.54) is 0 Å². The van der Waals surface area contributed by atoms with E-state index in [0.29, 0.717) is 0 Å². The maximum absolute atomic E-state index is 7.85. The standard InChI is InChI=1S/C3H7O2.CH4O.CH3.Ti/c1-2-3(4)5;1-2;;/h3-5H,1-2H2;2H,1H3;1H3;/q-1;;-1;+2. The van der Waals surface area contributed by atoms with Gasteiger partial charge < -0.3 is 29.7 Å². The minimum atomic E-state index is -1.23. The molecule has 0 bridgehead atoms. The second-order valence-electron chi connectivity index (χ2n) is 0.769. The average Bonchev–Trinajstić information content (AvgIpc) is 1.73. The van der Waals surface area contributed by atoms with Crippen LogP contribution in [-0.4, -0.2) is 28.7 Å². The molecule has 0 saturated heterocycles. The zero-order valence-electron chi connectivity index (χ0n) is 5.83. The summed E-state index contributed by atoms with van der Waals surface area (Å²) in [6.45, 7) is 3.19. The Balaban J connectivity index is -0.0000000286. The molecule has 0 aliphatic heterocycles. The van der Waals surface area contributed by atoms with Gasteiger partial charge in [-0.25, -0.2) is 0 Å². The van der Waals surface area contributed by atoms with Crippen molar-refractivity contribution in [3.8, 4) is 0 Å². The van der Waals surface area contributed by atoms with Gasteiger partial charge in [0.25, 0.3) is 0 Å². The summed E-state index contributed by atoms with van der Waals surface area (Å²) in [4.78, 5) is 0. The topological polar surface area (TPSA) is 60.7 Å². The summed E-state index contributed by atoms with van der Waals surface area (Å²) in [7, 11) is 1.00. The first-order valence-corrected chi connectivity index (χ1v) is 1.87. The third-order valence-corrected chi connectivity index (χ3v) is 0.258. The molecular formula is C5H14O3Ti. The van der Waals surface area contributed by atoms with Gasteiger partial charge in [0.2, 0.25) is 0 Å². The average molecular weight is 170 g/mol. The molecule has 0 heterocycles. The van der Waals surface area contributed by atoms with E-state index in [-0.39, 0.29) is 35.6 Å². The fourth-order valence-corrected chi connectivity index (χ4v) is 0. The molecule has 0 radical (unpaired) electrons. The molecule has 0 spiro atoms. The summed E-state index contributed by atoms with van der Waals surface area (Å²) in [5, 5.41) is 22.7. The molecule has 3 nitrogen and oxygen atoms in total. The molecule has 9 heavy (non-hydrogen) atoms. The summed E-state index contributed by atoms with van der Waals surface area (Å²) in [6, 6.07) is 0. The van der Waals surface area contributed by atoms with Gasteiger partial charge in [-0.05, 0) is 0 Å². The third kappa shape index (κ3) is 55.5. The number of rotatable bonds is 1. The molecule has 0 aliphatic rings. The normalized spacial score (nSPS) is 6.00. The molecule has 0 aromatic carbocycles. The van der Waals surface area contributed by atoms with Gasteiger partial charge in [-0.1, -0.05) is 0 Å². The smallest absolute Gasteiger partial charge is 0.400 e. The number of hydrogen-bond acceptors (Lipinski definition) is 3. The van der Waals surface area contributed by atoms with E-state index in [1.54, 1.807) is 0 Å². The van der Waals surface area contributed by atoms with E-state index in [0.717, 1.165) is 7.11 Å². The Kier molecular flexibility index (Phi) is 59.1. The Morgan fingerprint density at radius 2 is 1.44 bits per heavy atom. The predicted octanol–water partition coefficient (Wildman–Crippen LogP) is -0.422. The zero-order chi connectivity index (χ0) is 6.28. The molecule has 4 heteroatoms. The van der Waals surface area contributed by atoms with Crippen LogP contribution in [0, 0.1) is 14.4 Å². The monoisotopic (exact) mass is 170 g/mol. The maximum atomic E-state index is 7.85. The molecular weight excluding hydrogens is 156 g/mol. The molecule has 0 aromatic heterocycles. The summed E-state index contributed by atoms with van der Waals surface area (Å²) in [5.41, 5.74) is 0. The Bertz CT molecular complexity index is 26.2. The Morgan fingerprint density at radius 1 is 1.33 bits per heavy atom. The Labute approximate surface area is 71.6 Å². The van der Waals surface area contributed by atoms with E-state index in [9.17, 15) is 0 Å². The van der Waals surface area contributed by atoms with Crippen LogP contribution in [0.4, 0.5) is 0 Å². The van der Waals surface area contributed by atoms with E-state index in [1.807, 2.05) is 0 Å². The van der Waals surface area contributed by atoms with Gasteiger partial charge in [0.15, 0.2) is 0 Å². The van der Waals surface area contributed by atoms with Crippen LogP contribution in [-0.2, 0) is 21.7 Å². The van der Waals surface area contributed by atoms with Crippen molar-refractivity contribution in [2.45, 2.75) is 12.7 Å². The fourth-order valence-electron chi connectivity index (χ4n) is 0. The molecule has 0 rings (SSSR count). The second-order valence-corrected chi connectivity index (χ2v) is 0.769. The SMILES string of the molecule is CO.[CH2-]CC(O)O.[CH3-].[Ti+2]. The van der Waals surface area contributed by atoms with Crippen LogP contribution in [0.3, 0.4) is 0 Å². The van der Waals surface area contributed by atoms with Crippen LogP contribution in [0.1, 0.15) is 6.42 Å². The van der Waals surface area contributed by atoms with Crippen molar-refractivity contribution in [3.05, 3.63) is 14.4 Å². The molecule has 0 fully saturated rings. The third-order valence-electron chi connectivity index (χ3n) is 0.258. The number of aliphatic hydroxyl groups excluding tert-OH is 2. The molecule has 3 N–H and O–H groups in total. The minimum Gasteiger partial charge on any atom is -0.400 e. The van der Waals surface area contributed by atoms with Crippen molar-refractivity contribution >= 4 is 0 Å². The molecule has 0 aromatic rings. The van der Waals surface area contributed by atoms with E-state index in [2.05, 4.69) is 6.92 Å². The summed E-state index contributed by atoms with van der Waals surface area (Å²) >= 11 is 0. The van der Waals surface area contributed by atoms with Crippen molar-refractivity contribution in [3.63, 3.8) is 0 Å². The van der Waals surface area contributed by atoms with Crippen LogP contribution in [0.25, 0.3) is 0 Å². The van der Waals surface area contributed by atoms with Crippen LogP contribution < -0.4 is 0 Å². The molecule has 0 aliphatic carbocycles. The quantitative estimate of drug-likeness (QED) is 0.284. The zero-order valence-corrected chi connectivity index (χ0v) is 7.39. The van der Waals surface area contributed by atoms with Gasteiger partial charge in [-0.15, -0.1) is 6.42 Å². The Morgan fingerprint density at radius 3 is 1.44 bits per heavy atom. The van der Waals surface area contributed by atoms with Crippen LogP contribution in [0.5, 0.6) is 0 Å². The molecule has 56 valence electrons. The summed E-state index contributed by atoms with van der Waals surface area (Å²) in [5.74, 6) is 0. The first-order chi connectivity index (χ1) is 3.27. The first kappa shape index (κ1) is 22.6. The van der Waals surface area contributed by atoms with Crippen molar-refractivity contribution in [2.24, 2.45) is 0 Å². The second kappa shape index (κ2) is 23.5. The molecule has 0 saturated carbocycles. The van der Waals surface area contributed by atoms with Crippen molar-refractivity contribution in [2.75, 3.05) is 7.11 Å². The fraction of sp³-hybridized carbons (Fsp3) is 0.600. The molecule has 0 atom stereocenters. The van der Waals surface area contributed by atoms with Gasteiger partial charge in [0, 0.05) is 7.11 Å². The van der Waals surface area contributed by atoms with Gasteiger partial charge in [0.1, 0.15) is 6.29 Å². The van der Waals surface area contributed by atoms with E-state index in [4.69, 9.17) is 15.3 Å². The largest absolute Gasteiger partial charge is 2.00 e. The van der Waals surface area contributed by atoms with Crippen molar-refractivity contribution < 1.29 is 37.0 Å². The predicted molar refractivity (Wildman–Crippen MR) is 32.8 cm³/mol. The minimum absolute atomic E-state index is 0. The van der Waals surface area contributed by atoms with Crippen LogP contribution in [0.15, 0.2) is 0 Å². The van der Waals surface area contributed by atoms with Crippen molar-refractivity contribution in [1.82, 2.24) is 0 Å². The van der Waals surface area contributed by atoms with Gasteiger partial charge in [-0.2, -0.15) is 0 Å². The van der Waals surface area contributed by atoms with E-state index >= 15 is 0 Å². The summed E-state index contributed by atoms with van der Waals surface area (Å²) in [6.07, 6.45) is -1.06. The van der Waals surface area contributed by atoms with Crippen LogP contribution >= 0.6 is 0 Å². The van der Waals surface area contributed by atoms with Gasteiger partial charge in [-0.3, -0.25) is 0 Å². The van der Waals surface area contributed by atoms with Gasteiger partial charge >= 0.3 is 21.7 Å². The summed E-state index contributed by atoms with van der Waals surface area (Å²) < 4.78 is 0. The van der Waals surface area contributed by atoms with Gasteiger partial charge in [0.05, 0.1) is 0 Å². The Hall–Kier alpha value is 0.594. The van der Waals surface area contributed by atoms with Crippen molar-refractivity contribution in [1.29, 1.82) is 0 Å². The molecule has 0 unspecified atom stereocenters. The van der Waals surface area contributed by atoms with E-state index < -0.39 is 6.29 Å². The molecule has 0 amide bonds. The van der Waals surface area contributed by atoms with Crippen LogP contribution in [0.2, 0.25) is 0 Å². The maximum Gasteiger partial charge on any atom is 2.00 e. The number of hydrogen-bond donors (Lipinski definition) is 3. The first-order valence-electron chi connectivity index (χ1n) is 1.87.